The van der Waals surface area contributed by atoms with Crippen molar-refractivity contribution in [3.8, 4) is 0 Å². The molecule has 3 rings (SSSR count). The zero-order valence-corrected chi connectivity index (χ0v) is 16.5. The van der Waals surface area contributed by atoms with Crippen LogP contribution in [0.2, 0.25) is 5.15 Å². The number of rotatable bonds is 3. The lowest BCUT2D eigenvalue weighted by atomic mass is 10.1. The highest BCUT2D eigenvalue weighted by molar-refractivity contribution is 6.29. The Labute approximate surface area is 160 Å². The number of amides is 1. The Hall–Kier alpha value is -2.27. The molecule has 1 aromatic carbocycles. The first kappa shape index (κ1) is 18.5. The van der Waals surface area contributed by atoms with Gasteiger partial charge in [-0.1, -0.05) is 23.7 Å². The third kappa shape index (κ3) is 3.78. The molecule has 0 atom stereocenters. The number of aryl methyl sites for hydroxylation is 1. The van der Waals surface area contributed by atoms with E-state index in [9.17, 15) is 4.79 Å². The van der Waals surface area contributed by atoms with Crippen molar-refractivity contribution in [3.63, 3.8) is 0 Å². The van der Waals surface area contributed by atoms with E-state index in [1.807, 2.05) is 23.9 Å². The van der Waals surface area contributed by atoms with Crippen molar-refractivity contribution >= 4 is 29.0 Å². The van der Waals surface area contributed by atoms with E-state index in [1.165, 1.54) is 16.8 Å². The summed E-state index contributed by atoms with van der Waals surface area (Å²) < 4.78 is 0. The third-order valence-corrected chi connectivity index (χ3v) is 5.16. The summed E-state index contributed by atoms with van der Waals surface area (Å²) in [5.41, 5.74) is 4.46. The minimum Gasteiger partial charge on any atom is -0.368 e. The van der Waals surface area contributed by atoms with Crippen LogP contribution >= 0.6 is 11.6 Å². The number of anilines is 2. The lowest BCUT2D eigenvalue weighted by Gasteiger charge is -2.37. The minimum absolute atomic E-state index is 0.0121. The van der Waals surface area contributed by atoms with Gasteiger partial charge < -0.3 is 14.7 Å². The molecular weight excluding hydrogens is 348 g/mol. The van der Waals surface area contributed by atoms with E-state index in [0.717, 1.165) is 13.1 Å². The Morgan fingerprint density at radius 1 is 1.12 bits per heavy atom. The number of piperazine rings is 1. The second-order valence-corrected chi connectivity index (χ2v) is 7.32. The molecule has 138 valence electrons. The standard InChI is InChI=1S/C20H25ClN4O/c1-14-6-5-7-17(15(14)2)24-8-10-25(11-9-24)20(26)16-12-18(21)22-19(13-16)23(3)4/h5-7,12-13H,8-11H2,1-4H3. The van der Waals surface area contributed by atoms with Gasteiger partial charge in [0.25, 0.3) is 5.91 Å². The van der Waals surface area contributed by atoms with Crippen molar-refractivity contribution in [1.29, 1.82) is 0 Å². The van der Waals surface area contributed by atoms with Crippen molar-refractivity contribution in [2.45, 2.75) is 13.8 Å². The molecule has 0 radical (unpaired) electrons. The van der Waals surface area contributed by atoms with Crippen molar-refractivity contribution in [1.82, 2.24) is 9.88 Å². The average Bonchev–Trinajstić information content (AvgIpc) is 2.63. The topological polar surface area (TPSA) is 39.7 Å². The Kier molecular flexibility index (Phi) is 5.37. The highest BCUT2D eigenvalue weighted by Gasteiger charge is 2.24. The predicted octanol–water partition coefficient (Wildman–Crippen LogP) is 3.38. The van der Waals surface area contributed by atoms with Gasteiger partial charge in [0.2, 0.25) is 0 Å². The van der Waals surface area contributed by atoms with Crippen LogP contribution in [0.15, 0.2) is 30.3 Å². The number of pyridine rings is 1. The Morgan fingerprint density at radius 2 is 1.81 bits per heavy atom. The second-order valence-electron chi connectivity index (χ2n) is 6.93. The van der Waals surface area contributed by atoms with E-state index < -0.39 is 0 Å². The maximum Gasteiger partial charge on any atom is 0.254 e. The zero-order chi connectivity index (χ0) is 18.8. The summed E-state index contributed by atoms with van der Waals surface area (Å²) in [5.74, 6) is 0.702. The molecule has 0 bridgehead atoms. The molecule has 2 heterocycles. The van der Waals surface area contributed by atoms with Crippen molar-refractivity contribution in [2.24, 2.45) is 0 Å². The van der Waals surface area contributed by atoms with Gasteiger partial charge in [-0.15, -0.1) is 0 Å². The lowest BCUT2D eigenvalue weighted by molar-refractivity contribution is 0.0746. The first-order chi connectivity index (χ1) is 12.4. The molecule has 0 aliphatic carbocycles. The summed E-state index contributed by atoms with van der Waals surface area (Å²) in [6.45, 7) is 7.34. The molecule has 1 aromatic heterocycles. The second kappa shape index (κ2) is 7.54. The quantitative estimate of drug-likeness (QED) is 0.774. The first-order valence-corrected chi connectivity index (χ1v) is 9.20. The summed E-state index contributed by atoms with van der Waals surface area (Å²) in [5, 5.41) is 0.341. The van der Waals surface area contributed by atoms with Gasteiger partial charge in [-0.05, 0) is 43.2 Å². The molecule has 0 N–H and O–H groups in total. The average molecular weight is 373 g/mol. The molecule has 6 heteroatoms. The van der Waals surface area contributed by atoms with Crippen molar-refractivity contribution < 1.29 is 4.79 Å². The van der Waals surface area contributed by atoms with E-state index in [2.05, 4.69) is 41.9 Å². The molecule has 1 amide bonds. The maximum absolute atomic E-state index is 12.9. The van der Waals surface area contributed by atoms with Crippen molar-refractivity contribution in [2.75, 3.05) is 50.1 Å². The van der Waals surface area contributed by atoms with Crippen LogP contribution in [0, 0.1) is 13.8 Å². The molecule has 1 aliphatic rings. The fourth-order valence-corrected chi connectivity index (χ4v) is 3.45. The van der Waals surface area contributed by atoms with E-state index in [4.69, 9.17) is 11.6 Å². The number of hydrogen-bond acceptors (Lipinski definition) is 4. The minimum atomic E-state index is 0.0121. The van der Waals surface area contributed by atoms with E-state index in [0.29, 0.717) is 29.6 Å². The highest BCUT2D eigenvalue weighted by Crippen LogP contribution is 2.25. The van der Waals surface area contributed by atoms with Gasteiger partial charge in [-0.2, -0.15) is 0 Å². The third-order valence-electron chi connectivity index (χ3n) is 4.97. The largest absolute Gasteiger partial charge is 0.368 e. The monoisotopic (exact) mass is 372 g/mol. The van der Waals surface area contributed by atoms with Gasteiger partial charge in [0.15, 0.2) is 0 Å². The molecule has 1 fully saturated rings. The normalized spacial score (nSPS) is 14.5. The van der Waals surface area contributed by atoms with Crippen molar-refractivity contribution in [3.05, 3.63) is 52.2 Å². The summed E-state index contributed by atoms with van der Waals surface area (Å²) >= 11 is 6.10. The fourth-order valence-electron chi connectivity index (χ4n) is 3.25. The molecule has 1 saturated heterocycles. The van der Waals surface area contributed by atoms with E-state index in [-0.39, 0.29) is 5.91 Å². The van der Waals surface area contributed by atoms with Crippen LogP contribution in [0.4, 0.5) is 11.5 Å². The summed E-state index contributed by atoms with van der Waals surface area (Å²) in [7, 11) is 3.77. The van der Waals surface area contributed by atoms with Gasteiger partial charge >= 0.3 is 0 Å². The highest BCUT2D eigenvalue weighted by atomic mass is 35.5. The number of aromatic nitrogens is 1. The smallest absolute Gasteiger partial charge is 0.254 e. The number of nitrogens with zero attached hydrogens (tertiary/aromatic N) is 4. The molecule has 0 spiro atoms. The number of hydrogen-bond donors (Lipinski definition) is 0. The Balaban J connectivity index is 1.72. The van der Waals surface area contributed by atoms with Crippen LogP contribution in [-0.4, -0.2) is 56.1 Å². The van der Waals surface area contributed by atoms with E-state index in [1.54, 1.807) is 12.1 Å². The van der Waals surface area contributed by atoms with Gasteiger partial charge in [0.1, 0.15) is 11.0 Å². The molecule has 26 heavy (non-hydrogen) atoms. The molecule has 1 aliphatic heterocycles. The predicted molar refractivity (Wildman–Crippen MR) is 108 cm³/mol. The molecular formula is C20H25ClN4O. The van der Waals surface area contributed by atoms with Crippen LogP contribution < -0.4 is 9.80 Å². The van der Waals surface area contributed by atoms with Crippen LogP contribution in [0.1, 0.15) is 21.5 Å². The van der Waals surface area contributed by atoms with Crippen LogP contribution in [0.5, 0.6) is 0 Å². The molecule has 2 aromatic rings. The lowest BCUT2D eigenvalue weighted by Crippen LogP contribution is -2.49. The van der Waals surface area contributed by atoms with Gasteiger partial charge in [0.05, 0.1) is 0 Å². The number of halogens is 1. The Bertz CT molecular complexity index is 813. The van der Waals surface area contributed by atoms with Crippen LogP contribution in [0.25, 0.3) is 0 Å². The van der Waals surface area contributed by atoms with Gasteiger partial charge in [-0.25, -0.2) is 4.98 Å². The van der Waals surface area contributed by atoms with Crippen LogP contribution in [-0.2, 0) is 0 Å². The summed E-state index contributed by atoms with van der Waals surface area (Å²) in [6, 6.07) is 9.83. The molecule has 5 nitrogen and oxygen atoms in total. The van der Waals surface area contributed by atoms with Crippen LogP contribution in [0.3, 0.4) is 0 Å². The number of benzene rings is 1. The number of carbonyl (C=O) groups is 1. The Morgan fingerprint density at radius 3 is 2.46 bits per heavy atom. The molecule has 0 saturated carbocycles. The summed E-state index contributed by atoms with van der Waals surface area (Å²) in [6.07, 6.45) is 0. The van der Waals surface area contributed by atoms with E-state index >= 15 is 0 Å². The SMILES string of the molecule is Cc1cccc(N2CCN(C(=O)c3cc(Cl)nc(N(C)C)c3)CC2)c1C. The zero-order valence-electron chi connectivity index (χ0n) is 15.8. The van der Waals surface area contributed by atoms with Gasteiger partial charge in [0, 0.05) is 51.5 Å². The summed E-state index contributed by atoms with van der Waals surface area (Å²) in [4.78, 5) is 23.2. The fraction of sp³-hybridized carbons (Fsp3) is 0.400. The first-order valence-electron chi connectivity index (χ1n) is 8.82. The number of carbonyl (C=O) groups excluding carboxylic acids is 1. The maximum atomic E-state index is 12.9. The van der Waals surface area contributed by atoms with Gasteiger partial charge in [-0.3, -0.25) is 4.79 Å². The molecule has 0 unspecified atom stereocenters.